The molecule has 0 bridgehead atoms. The highest BCUT2D eigenvalue weighted by atomic mass is 32.2. The Morgan fingerprint density at radius 1 is 1.25 bits per heavy atom. The lowest BCUT2D eigenvalue weighted by Crippen LogP contribution is -2.31. The largest absolute Gasteiger partial charge is 0.381 e. The number of carbonyl (C=O) groups is 2. The van der Waals surface area contributed by atoms with Gasteiger partial charge in [-0.05, 0) is 37.3 Å². The molecule has 142 valence electrons. The molecule has 2 aromatic rings. The zero-order valence-electron chi connectivity index (χ0n) is 15.7. The van der Waals surface area contributed by atoms with E-state index in [1.807, 2.05) is 36.4 Å². The van der Waals surface area contributed by atoms with E-state index in [1.54, 1.807) is 31.1 Å². The number of methoxy groups -OCH3 is 1. The molecule has 0 saturated heterocycles. The van der Waals surface area contributed by atoms with Gasteiger partial charge in [0.1, 0.15) is 0 Å². The first-order chi connectivity index (χ1) is 13.6. The lowest BCUT2D eigenvalue weighted by molar-refractivity contribution is -0.111. The van der Waals surface area contributed by atoms with E-state index in [1.165, 1.54) is 17.8 Å². The maximum atomic E-state index is 13.1. The SMILES string of the molecule is CC#CCN1C(=O)c2ccccc2Sc2cc(NC(=O)/C=C/COC)ccc21. The van der Waals surface area contributed by atoms with Crippen molar-refractivity contribution in [3.8, 4) is 11.8 Å². The average Bonchev–Trinajstić information content (AvgIpc) is 2.80. The van der Waals surface area contributed by atoms with Crippen molar-refractivity contribution in [1.29, 1.82) is 0 Å². The standard InChI is InChI=1S/C22H20N2O3S/c1-3-4-13-24-18-12-11-16(23-21(25)10-7-14-27-2)15-20(18)28-19-9-6-5-8-17(19)22(24)26/h5-12,15H,13-14H2,1-2H3,(H,23,25)/b10-7+. The maximum Gasteiger partial charge on any atom is 0.260 e. The normalized spacial score (nSPS) is 12.6. The summed E-state index contributed by atoms with van der Waals surface area (Å²) in [6.07, 6.45) is 3.08. The number of benzene rings is 2. The number of amides is 2. The van der Waals surface area contributed by atoms with Crippen LogP contribution in [0.25, 0.3) is 0 Å². The van der Waals surface area contributed by atoms with Gasteiger partial charge in [0.05, 0.1) is 24.4 Å². The first kappa shape index (κ1) is 19.7. The molecule has 28 heavy (non-hydrogen) atoms. The Bertz CT molecular complexity index is 989. The smallest absolute Gasteiger partial charge is 0.260 e. The highest BCUT2D eigenvalue weighted by Crippen LogP contribution is 2.42. The number of hydrogen-bond acceptors (Lipinski definition) is 4. The number of carbonyl (C=O) groups excluding carboxylic acids is 2. The second-order valence-corrected chi connectivity index (χ2v) is 7.03. The molecule has 0 unspecified atom stereocenters. The molecular formula is C22H20N2O3S. The summed E-state index contributed by atoms with van der Waals surface area (Å²) < 4.78 is 4.90. The number of hydrogen-bond donors (Lipinski definition) is 1. The minimum absolute atomic E-state index is 0.0797. The molecule has 1 aliphatic heterocycles. The van der Waals surface area contributed by atoms with Crippen molar-refractivity contribution >= 4 is 35.0 Å². The average molecular weight is 392 g/mol. The number of fused-ring (bicyclic) bond motifs is 2. The Kier molecular flexibility index (Phi) is 6.53. The third-order valence-corrected chi connectivity index (χ3v) is 5.17. The van der Waals surface area contributed by atoms with Crippen LogP contribution in [0.3, 0.4) is 0 Å². The Labute approximate surface area is 168 Å². The van der Waals surface area contributed by atoms with Gasteiger partial charge in [-0.3, -0.25) is 14.5 Å². The Hall–Kier alpha value is -3.01. The van der Waals surface area contributed by atoms with Gasteiger partial charge in [0, 0.05) is 28.7 Å². The van der Waals surface area contributed by atoms with Crippen LogP contribution in [0.2, 0.25) is 0 Å². The van der Waals surface area contributed by atoms with Crippen molar-refractivity contribution in [3.05, 3.63) is 60.2 Å². The van der Waals surface area contributed by atoms with Crippen molar-refractivity contribution < 1.29 is 14.3 Å². The van der Waals surface area contributed by atoms with Gasteiger partial charge >= 0.3 is 0 Å². The Morgan fingerprint density at radius 2 is 2.07 bits per heavy atom. The summed E-state index contributed by atoms with van der Waals surface area (Å²) in [5.74, 6) is 5.51. The summed E-state index contributed by atoms with van der Waals surface area (Å²) in [5, 5.41) is 2.84. The molecule has 1 aliphatic rings. The topological polar surface area (TPSA) is 58.6 Å². The second kappa shape index (κ2) is 9.27. The van der Waals surface area contributed by atoms with Gasteiger partial charge in [0.15, 0.2) is 0 Å². The third-order valence-electron chi connectivity index (χ3n) is 4.05. The molecule has 0 fully saturated rings. The van der Waals surface area contributed by atoms with Gasteiger partial charge in [0.2, 0.25) is 5.91 Å². The minimum atomic E-state index is -0.235. The van der Waals surface area contributed by atoms with Crippen molar-refractivity contribution in [1.82, 2.24) is 0 Å². The van der Waals surface area contributed by atoms with Crippen LogP contribution in [0.5, 0.6) is 0 Å². The van der Waals surface area contributed by atoms with E-state index in [9.17, 15) is 9.59 Å². The summed E-state index contributed by atoms with van der Waals surface area (Å²) in [6.45, 7) is 2.43. The summed E-state index contributed by atoms with van der Waals surface area (Å²) in [6, 6.07) is 13.0. The van der Waals surface area contributed by atoms with E-state index >= 15 is 0 Å². The summed E-state index contributed by atoms with van der Waals surface area (Å²) >= 11 is 1.51. The molecule has 0 saturated carbocycles. The maximum absolute atomic E-state index is 13.1. The summed E-state index contributed by atoms with van der Waals surface area (Å²) in [4.78, 5) is 28.5. The summed E-state index contributed by atoms with van der Waals surface area (Å²) in [5.41, 5.74) is 2.09. The molecule has 6 heteroatoms. The fourth-order valence-corrected chi connectivity index (χ4v) is 3.87. The molecule has 1 heterocycles. The molecule has 5 nitrogen and oxygen atoms in total. The molecule has 3 rings (SSSR count). The van der Waals surface area contributed by atoms with Crippen LogP contribution in [0, 0.1) is 11.8 Å². The minimum Gasteiger partial charge on any atom is -0.381 e. The van der Waals surface area contributed by atoms with E-state index in [-0.39, 0.29) is 11.8 Å². The van der Waals surface area contributed by atoms with E-state index in [2.05, 4.69) is 17.2 Å². The highest BCUT2D eigenvalue weighted by molar-refractivity contribution is 7.99. The molecule has 0 spiro atoms. The number of nitrogens with one attached hydrogen (secondary N) is 1. The fourth-order valence-electron chi connectivity index (χ4n) is 2.75. The van der Waals surface area contributed by atoms with Gasteiger partial charge < -0.3 is 10.1 Å². The first-order valence-electron chi connectivity index (χ1n) is 8.73. The van der Waals surface area contributed by atoms with E-state index in [0.717, 1.165) is 15.5 Å². The molecule has 2 aromatic carbocycles. The predicted octanol–water partition coefficient (Wildman–Crippen LogP) is 3.96. The van der Waals surface area contributed by atoms with Crippen molar-refractivity contribution in [2.24, 2.45) is 0 Å². The molecule has 0 radical (unpaired) electrons. The number of anilines is 2. The lowest BCUT2D eigenvalue weighted by Gasteiger charge is -2.21. The van der Waals surface area contributed by atoms with Crippen LogP contribution in [0.15, 0.2) is 64.4 Å². The van der Waals surface area contributed by atoms with Gasteiger partial charge in [-0.15, -0.1) is 5.92 Å². The van der Waals surface area contributed by atoms with Crippen LogP contribution in [0.1, 0.15) is 17.3 Å². The Balaban J connectivity index is 1.96. The number of nitrogens with zero attached hydrogens (tertiary/aromatic N) is 1. The molecule has 0 aliphatic carbocycles. The van der Waals surface area contributed by atoms with Crippen molar-refractivity contribution in [2.75, 3.05) is 30.5 Å². The van der Waals surface area contributed by atoms with E-state index < -0.39 is 0 Å². The number of ether oxygens (including phenoxy) is 1. The van der Waals surface area contributed by atoms with E-state index in [4.69, 9.17) is 4.74 Å². The monoisotopic (exact) mass is 392 g/mol. The molecular weight excluding hydrogens is 372 g/mol. The van der Waals surface area contributed by atoms with Crippen LogP contribution in [-0.2, 0) is 9.53 Å². The predicted molar refractivity (Wildman–Crippen MR) is 112 cm³/mol. The molecule has 0 aromatic heterocycles. The van der Waals surface area contributed by atoms with Gasteiger partial charge in [-0.25, -0.2) is 0 Å². The highest BCUT2D eigenvalue weighted by Gasteiger charge is 2.26. The fraction of sp³-hybridized carbons (Fsp3) is 0.182. The summed E-state index contributed by atoms with van der Waals surface area (Å²) in [7, 11) is 1.57. The quantitative estimate of drug-likeness (QED) is 0.618. The van der Waals surface area contributed by atoms with Gasteiger partial charge in [-0.1, -0.05) is 35.9 Å². The zero-order chi connectivity index (χ0) is 19.9. The third kappa shape index (κ3) is 4.45. The second-order valence-electron chi connectivity index (χ2n) is 5.95. The lowest BCUT2D eigenvalue weighted by atomic mass is 10.1. The molecule has 2 amide bonds. The molecule has 1 N–H and O–H groups in total. The molecule has 0 atom stereocenters. The van der Waals surface area contributed by atoms with Crippen molar-refractivity contribution in [2.45, 2.75) is 16.7 Å². The van der Waals surface area contributed by atoms with Gasteiger partial charge in [-0.2, -0.15) is 0 Å². The van der Waals surface area contributed by atoms with Gasteiger partial charge in [0.25, 0.3) is 5.91 Å². The Morgan fingerprint density at radius 3 is 2.86 bits per heavy atom. The van der Waals surface area contributed by atoms with Crippen LogP contribution in [0.4, 0.5) is 11.4 Å². The van der Waals surface area contributed by atoms with Crippen molar-refractivity contribution in [3.63, 3.8) is 0 Å². The first-order valence-corrected chi connectivity index (χ1v) is 9.54. The number of rotatable bonds is 5. The van der Waals surface area contributed by atoms with Crippen LogP contribution in [-0.4, -0.2) is 32.1 Å². The van der Waals surface area contributed by atoms with Crippen LogP contribution < -0.4 is 10.2 Å². The van der Waals surface area contributed by atoms with Crippen LogP contribution >= 0.6 is 11.8 Å². The zero-order valence-corrected chi connectivity index (χ0v) is 16.5. The van der Waals surface area contributed by atoms with E-state index in [0.29, 0.717) is 24.4 Å².